The van der Waals surface area contributed by atoms with Gasteiger partial charge in [-0.25, -0.2) is 0 Å². The summed E-state index contributed by atoms with van der Waals surface area (Å²) >= 11 is 0. The Morgan fingerprint density at radius 3 is 2.00 bits per heavy atom. The molecule has 0 fully saturated rings. The van der Waals surface area contributed by atoms with Crippen LogP contribution in [0.2, 0.25) is 0 Å². The zero-order chi connectivity index (χ0) is 29.0. The standard InChI is InChI=1S/C44H30/c1-3-12-29(13-4-1)37-23-22-33-26-43-42(28-41(33)37)38-20-9-10-21-39(38)44(43)34-18-11-17-31(24-34)35-25-32-16-7-8-19-36(32)40(27-35)30-14-5-2-6-15-30/h1-28,37,44H. The number of hydrogen-bond donors (Lipinski definition) is 0. The lowest BCUT2D eigenvalue weighted by Gasteiger charge is -2.18. The second-order valence-corrected chi connectivity index (χ2v) is 12.1. The van der Waals surface area contributed by atoms with Crippen molar-refractivity contribution in [3.8, 4) is 33.4 Å². The van der Waals surface area contributed by atoms with Gasteiger partial charge < -0.3 is 0 Å². The Bertz CT molecular complexity index is 2220. The van der Waals surface area contributed by atoms with Crippen molar-refractivity contribution in [1.82, 2.24) is 0 Å². The van der Waals surface area contributed by atoms with Crippen molar-refractivity contribution in [1.29, 1.82) is 0 Å². The fourth-order valence-electron chi connectivity index (χ4n) is 7.54. The minimum Gasteiger partial charge on any atom is -0.0720 e. The fourth-order valence-corrected chi connectivity index (χ4v) is 7.54. The molecule has 206 valence electrons. The first kappa shape index (κ1) is 25.1. The Morgan fingerprint density at radius 2 is 1.11 bits per heavy atom. The molecule has 44 heavy (non-hydrogen) atoms. The molecule has 0 saturated carbocycles. The van der Waals surface area contributed by atoms with Gasteiger partial charge in [0.25, 0.3) is 0 Å². The molecule has 2 aliphatic rings. The van der Waals surface area contributed by atoms with E-state index in [2.05, 4.69) is 170 Å². The molecule has 0 aliphatic heterocycles. The van der Waals surface area contributed by atoms with Gasteiger partial charge in [-0.2, -0.15) is 0 Å². The topological polar surface area (TPSA) is 0 Å². The lowest BCUT2D eigenvalue weighted by atomic mass is 9.85. The highest BCUT2D eigenvalue weighted by molar-refractivity contribution is 6.00. The van der Waals surface area contributed by atoms with E-state index in [9.17, 15) is 0 Å². The van der Waals surface area contributed by atoms with E-state index in [0.717, 1.165) is 0 Å². The Balaban J connectivity index is 1.18. The van der Waals surface area contributed by atoms with Crippen molar-refractivity contribution in [3.05, 3.63) is 197 Å². The van der Waals surface area contributed by atoms with E-state index in [1.807, 2.05) is 0 Å². The van der Waals surface area contributed by atoms with Crippen LogP contribution in [0, 0.1) is 0 Å². The van der Waals surface area contributed by atoms with Crippen LogP contribution in [0.4, 0.5) is 0 Å². The Morgan fingerprint density at radius 1 is 0.386 bits per heavy atom. The number of fused-ring (bicyclic) bond motifs is 5. The van der Waals surface area contributed by atoms with Crippen LogP contribution < -0.4 is 0 Å². The summed E-state index contributed by atoms with van der Waals surface area (Å²) < 4.78 is 0. The van der Waals surface area contributed by atoms with E-state index in [1.54, 1.807) is 0 Å². The molecule has 2 aliphatic carbocycles. The van der Waals surface area contributed by atoms with Crippen LogP contribution >= 0.6 is 0 Å². The summed E-state index contributed by atoms with van der Waals surface area (Å²) in [5.74, 6) is 0.502. The first-order valence-electron chi connectivity index (χ1n) is 15.5. The molecule has 0 radical (unpaired) electrons. The second kappa shape index (κ2) is 10.1. The smallest absolute Gasteiger partial charge is 0.0352 e. The van der Waals surface area contributed by atoms with Crippen molar-refractivity contribution in [3.63, 3.8) is 0 Å². The highest BCUT2D eigenvalue weighted by Crippen LogP contribution is 2.51. The number of benzene rings is 7. The molecule has 0 heteroatoms. The van der Waals surface area contributed by atoms with Crippen LogP contribution in [0.25, 0.3) is 50.2 Å². The monoisotopic (exact) mass is 558 g/mol. The molecule has 2 atom stereocenters. The molecule has 9 rings (SSSR count). The summed E-state index contributed by atoms with van der Waals surface area (Å²) in [7, 11) is 0. The van der Waals surface area contributed by atoms with Crippen LogP contribution in [-0.2, 0) is 0 Å². The number of hydrogen-bond acceptors (Lipinski definition) is 0. The Hall–Kier alpha value is -5.46. The van der Waals surface area contributed by atoms with Gasteiger partial charge in [0.1, 0.15) is 0 Å². The number of allylic oxidation sites excluding steroid dienone is 1. The van der Waals surface area contributed by atoms with Gasteiger partial charge in [-0.05, 0) is 102 Å². The maximum Gasteiger partial charge on any atom is 0.0352 e. The fraction of sp³-hybridized carbons (Fsp3) is 0.0455. The zero-order valence-corrected chi connectivity index (χ0v) is 24.3. The van der Waals surface area contributed by atoms with Crippen LogP contribution in [0.15, 0.2) is 164 Å². The molecule has 7 aromatic carbocycles. The summed E-state index contributed by atoms with van der Waals surface area (Å²) in [4.78, 5) is 0. The summed E-state index contributed by atoms with van der Waals surface area (Å²) in [6, 6.07) is 58.3. The minimum absolute atomic E-state index is 0.199. The van der Waals surface area contributed by atoms with E-state index < -0.39 is 0 Å². The molecule has 0 saturated heterocycles. The highest BCUT2D eigenvalue weighted by atomic mass is 14.4. The third kappa shape index (κ3) is 3.99. The second-order valence-electron chi connectivity index (χ2n) is 12.1. The first-order chi connectivity index (χ1) is 21.8. The molecule has 0 spiro atoms. The van der Waals surface area contributed by atoms with E-state index in [0.29, 0.717) is 5.92 Å². The first-order valence-corrected chi connectivity index (χ1v) is 15.5. The average molecular weight is 559 g/mol. The zero-order valence-electron chi connectivity index (χ0n) is 24.3. The van der Waals surface area contributed by atoms with Crippen LogP contribution in [0.1, 0.15) is 45.2 Å². The van der Waals surface area contributed by atoms with Crippen molar-refractivity contribution in [2.24, 2.45) is 0 Å². The molecule has 0 bridgehead atoms. The highest BCUT2D eigenvalue weighted by Gasteiger charge is 2.32. The van der Waals surface area contributed by atoms with E-state index >= 15 is 0 Å². The summed E-state index contributed by atoms with van der Waals surface area (Å²) in [6.07, 6.45) is 4.69. The largest absolute Gasteiger partial charge is 0.0720 e. The predicted molar refractivity (Wildman–Crippen MR) is 185 cm³/mol. The van der Waals surface area contributed by atoms with E-state index in [1.165, 1.54) is 77.5 Å². The quantitative estimate of drug-likeness (QED) is 0.201. The van der Waals surface area contributed by atoms with Gasteiger partial charge in [-0.1, -0.05) is 146 Å². The number of rotatable bonds is 4. The van der Waals surface area contributed by atoms with Crippen molar-refractivity contribution in [2.45, 2.75) is 11.8 Å². The average Bonchev–Trinajstić information content (AvgIpc) is 3.66. The maximum atomic E-state index is 2.47. The van der Waals surface area contributed by atoms with Gasteiger partial charge in [0.15, 0.2) is 0 Å². The lowest BCUT2D eigenvalue weighted by molar-refractivity contribution is 1.01. The molecular weight excluding hydrogens is 528 g/mol. The third-order valence-electron chi connectivity index (χ3n) is 9.59. The SMILES string of the molecule is C1=CC(c2ccccc2)c2cc3c(cc21)C(c1cccc(-c2cc(-c4ccccc4)c4ccccc4c2)c1)c1ccccc1-3. The Kier molecular flexibility index (Phi) is 5.74. The summed E-state index contributed by atoms with van der Waals surface area (Å²) in [6.45, 7) is 0. The third-order valence-corrected chi connectivity index (χ3v) is 9.59. The summed E-state index contributed by atoms with van der Waals surface area (Å²) in [5, 5.41) is 2.55. The predicted octanol–water partition coefficient (Wildman–Crippen LogP) is 11.5. The van der Waals surface area contributed by atoms with Gasteiger partial charge in [-0.3, -0.25) is 0 Å². The van der Waals surface area contributed by atoms with Gasteiger partial charge in [-0.15, -0.1) is 0 Å². The van der Waals surface area contributed by atoms with Gasteiger partial charge in [0, 0.05) is 11.8 Å². The Labute approximate surface area is 258 Å². The molecule has 0 heterocycles. The molecule has 7 aromatic rings. The molecule has 2 unspecified atom stereocenters. The molecular formula is C44H30. The van der Waals surface area contributed by atoms with E-state index in [-0.39, 0.29) is 5.92 Å². The molecule has 0 amide bonds. The maximum absolute atomic E-state index is 2.47. The van der Waals surface area contributed by atoms with Crippen molar-refractivity contribution in [2.75, 3.05) is 0 Å². The van der Waals surface area contributed by atoms with Crippen LogP contribution in [0.3, 0.4) is 0 Å². The van der Waals surface area contributed by atoms with Crippen molar-refractivity contribution < 1.29 is 0 Å². The molecule has 0 aromatic heterocycles. The summed E-state index contributed by atoms with van der Waals surface area (Å²) in [5.41, 5.74) is 16.0. The van der Waals surface area contributed by atoms with Gasteiger partial charge in [0.05, 0.1) is 0 Å². The van der Waals surface area contributed by atoms with Gasteiger partial charge in [0.2, 0.25) is 0 Å². The normalized spacial score (nSPS) is 16.1. The lowest BCUT2D eigenvalue weighted by Crippen LogP contribution is -2.01. The molecule has 0 N–H and O–H groups in total. The molecule has 0 nitrogen and oxygen atoms in total. The van der Waals surface area contributed by atoms with Crippen LogP contribution in [0.5, 0.6) is 0 Å². The minimum atomic E-state index is 0.199. The van der Waals surface area contributed by atoms with Crippen molar-refractivity contribution >= 4 is 16.8 Å². The van der Waals surface area contributed by atoms with Crippen LogP contribution in [-0.4, -0.2) is 0 Å². The van der Waals surface area contributed by atoms with E-state index in [4.69, 9.17) is 0 Å². The van der Waals surface area contributed by atoms with Gasteiger partial charge >= 0.3 is 0 Å².